The molecule has 2 aromatic rings. The highest BCUT2D eigenvalue weighted by Gasteiger charge is 2.21. The molecule has 1 aliphatic heterocycles. The van der Waals surface area contributed by atoms with Crippen LogP contribution in [0, 0.1) is 0 Å². The van der Waals surface area contributed by atoms with Crippen LogP contribution in [0.25, 0.3) is 0 Å². The van der Waals surface area contributed by atoms with Crippen molar-refractivity contribution in [1.82, 2.24) is 20.5 Å². The number of hydrogen-bond acceptors (Lipinski definition) is 4. The zero-order valence-corrected chi connectivity index (χ0v) is 20.3. The number of piperidine rings is 1. The molecular formula is C22H34IN5O. The molecule has 1 aliphatic rings. The Kier molecular flexibility index (Phi) is 8.95. The zero-order valence-electron chi connectivity index (χ0n) is 17.9. The van der Waals surface area contributed by atoms with Gasteiger partial charge >= 0.3 is 0 Å². The maximum Gasteiger partial charge on any atom is 0.213 e. The van der Waals surface area contributed by atoms with Crippen LogP contribution >= 0.6 is 24.0 Å². The van der Waals surface area contributed by atoms with E-state index in [1.54, 1.807) is 7.05 Å². The SMILES string of the molecule is CN=C(NCc1ncc(C(C)(C)C)o1)NC1CCN(Cc2ccccc2)CC1.I. The van der Waals surface area contributed by atoms with Gasteiger partial charge in [0.25, 0.3) is 0 Å². The summed E-state index contributed by atoms with van der Waals surface area (Å²) in [6.45, 7) is 10.1. The van der Waals surface area contributed by atoms with Gasteiger partial charge in [-0.05, 0) is 18.4 Å². The molecule has 1 aromatic heterocycles. The number of rotatable bonds is 5. The molecule has 3 rings (SSSR count). The molecule has 0 spiro atoms. The summed E-state index contributed by atoms with van der Waals surface area (Å²) in [6.07, 6.45) is 4.04. The summed E-state index contributed by atoms with van der Waals surface area (Å²) in [4.78, 5) is 11.2. The van der Waals surface area contributed by atoms with E-state index in [4.69, 9.17) is 4.42 Å². The summed E-state index contributed by atoms with van der Waals surface area (Å²) in [5.41, 5.74) is 1.35. The van der Waals surface area contributed by atoms with Crippen molar-refractivity contribution in [1.29, 1.82) is 0 Å². The van der Waals surface area contributed by atoms with Gasteiger partial charge in [-0.1, -0.05) is 51.1 Å². The Hall–Kier alpha value is -1.61. The first kappa shape index (κ1) is 23.7. The highest BCUT2D eigenvalue weighted by Crippen LogP contribution is 2.22. The van der Waals surface area contributed by atoms with Crippen LogP contribution in [-0.4, -0.2) is 42.0 Å². The van der Waals surface area contributed by atoms with Crippen molar-refractivity contribution in [2.45, 2.75) is 58.2 Å². The molecule has 0 atom stereocenters. The zero-order chi connectivity index (χ0) is 20.0. The third-order valence-corrected chi connectivity index (χ3v) is 5.10. The number of halogens is 1. The highest BCUT2D eigenvalue weighted by molar-refractivity contribution is 14.0. The van der Waals surface area contributed by atoms with Crippen molar-refractivity contribution in [2.75, 3.05) is 20.1 Å². The van der Waals surface area contributed by atoms with Crippen LogP contribution in [0.5, 0.6) is 0 Å². The van der Waals surface area contributed by atoms with Crippen LogP contribution < -0.4 is 10.6 Å². The van der Waals surface area contributed by atoms with Crippen LogP contribution in [-0.2, 0) is 18.5 Å². The third kappa shape index (κ3) is 7.29. The van der Waals surface area contributed by atoms with Gasteiger partial charge in [0, 0.05) is 38.1 Å². The van der Waals surface area contributed by atoms with Crippen molar-refractivity contribution in [3.63, 3.8) is 0 Å². The molecule has 0 saturated carbocycles. The lowest BCUT2D eigenvalue weighted by molar-refractivity contribution is 0.198. The van der Waals surface area contributed by atoms with Crippen LogP contribution in [0.3, 0.4) is 0 Å². The monoisotopic (exact) mass is 511 g/mol. The average molecular weight is 511 g/mol. The Bertz CT molecular complexity index is 761. The summed E-state index contributed by atoms with van der Waals surface area (Å²) in [5.74, 6) is 2.39. The molecule has 0 radical (unpaired) electrons. The fraction of sp³-hybridized carbons (Fsp3) is 0.545. The minimum atomic E-state index is -0.0289. The van der Waals surface area contributed by atoms with Crippen LogP contribution in [0.1, 0.15) is 50.8 Å². The number of hydrogen-bond donors (Lipinski definition) is 2. The number of nitrogens with zero attached hydrogens (tertiary/aromatic N) is 3. The first-order valence-electron chi connectivity index (χ1n) is 10.1. The van der Waals surface area contributed by atoms with E-state index in [1.165, 1.54) is 5.56 Å². The first-order valence-corrected chi connectivity index (χ1v) is 10.1. The van der Waals surface area contributed by atoms with Gasteiger partial charge in [0.15, 0.2) is 5.96 Å². The Balaban J connectivity index is 0.00000300. The molecule has 0 unspecified atom stereocenters. The molecule has 6 nitrogen and oxygen atoms in total. The van der Waals surface area contributed by atoms with E-state index < -0.39 is 0 Å². The minimum absolute atomic E-state index is 0. The van der Waals surface area contributed by atoms with Crippen LogP contribution in [0.15, 0.2) is 45.9 Å². The molecule has 1 aromatic carbocycles. The molecule has 1 saturated heterocycles. The standard InChI is InChI=1S/C22H33N5O.HI/c1-22(2,3)19-14-24-20(28-19)15-25-21(23-4)26-18-10-12-27(13-11-18)16-17-8-6-5-7-9-17;/h5-9,14,18H,10-13,15-16H2,1-4H3,(H2,23,25,26);1H. The van der Waals surface area contributed by atoms with Crippen molar-refractivity contribution >= 4 is 29.9 Å². The summed E-state index contributed by atoms with van der Waals surface area (Å²) >= 11 is 0. The number of benzene rings is 1. The van der Waals surface area contributed by atoms with E-state index >= 15 is 0 Å². The molecule has 0 bridgehead atoms. The normalized spacial score (nSPS) is 16.3. The van der Waals surface area contributed by atoms with Gasteiger partial charge in [-0.3, -0.25) is 9.89 Å². The van der Waals surface area contributed by atoms with Gasteiger partial charge in [0.05, 0.1) is 12.7 Å². The second kappa shape index (κ2) is 11.0. The number of guanidine groups is 1. The van der Waals surface area contributed by atoms with Crippen molar-refractivity contribution in [2.24, 2.45) is 4.99 Å². The van der Waals surface area contributed by atoms with E-state index in [0.717, 1.165) is 44.2 Å². The van der Waals surface area contributed by atoms with Gasteiger partial charge < -0.3 is 15.1 Å². The Morgan fingerprint density at radius 2 is 1.90 bits per heavy atom. The molecule has 2 N–H and O–H groups in total. The number of aliphatic imine (C=N–C) groups is 1. The second-order valence-corrected chi connectivity index (χ2v) is 8.47. The lowest BCUT2D eigenvalue weighted by atomic mass is 9.94. The van der Waals surface area contributed by atoms with Gasteiger partial charge in [0.2, 0.25) is 5.89 Å². The summed E-state index contributed by atoms with van der Waals surface area (Å²) < 4.78 is 5.84. The topological polar surface area (TPSA) is 65.7 Å². The van der Waals surface area contributed by atoms with Gasteiger partial charge in [-0.25, -0.2) is 4.98 Å². The van der Waals surface area contributed by atoms with Gasteiger partial charge in [0.1, 0.15) is 5.76 Å². The largest absolute Gasteiger partial charge is 0.443 e. The number of oxazole rings is 1. The van der Waals surface area contributed by atoms with E-state index in [2.05, 4.69) is 76.6 Å². The predicted molar refractivity (Wildman–Crippen MR) is 129 cm³/mol. The lowest BCUT2D eigenvalue weighted by Crippen LogP contribution is -2.48. The maximum absolute atomic E-state index is 5.84. The Morgan fingerprint density at radius 1 is 1.21 bits per heavy atom. The summed E-state index contributed by atoms with van der Waals surface area (Å²) in [7, 11) is 1.80. The minimum Gasteiger partial charge on any atom is -0.443 e. The smallest absolute Gasteiger partial charge is 0.213 e. The highest BCUT2D eigenvalue weighted by atomic mass is 127. The quantitative estimate of drug-likeness (QED) is 0.362. The third-order valence-electron chi connectivity index (χ3n) is 5.10. The number of nitrogens with one attached hydrogen (secondary N) is 2. The van der Waals surface area contributed by atoms with Crippen molar-refractivity contribution < 1.29 is 4.42 Å². The molecule has 7 heteroatoms. The predicted octanol–water partition coefficient (Wildman–Crippen LogP) is 3.92. The summed E-state index contributed by atoms with van der Waals surface area (Å²) in [5, 5.41) is 6.86. The molecule has 0 amide bonds. The molecular weight excluding hydrogens is 477 g/mol. The molecule has 1 fully saturated rings. The average Bonchev–Trinajstić information content (AvgIpc) is 3.17. The van der Waals surface area contributed by atoms with Crippen molar-refractivity contribution in [3.8, 4) is 0 Å². The maximum atomic E-state index is 5.84. The number of aromatic nitrogens is 1. The molecule has 2 heterocycles. The molecule has 160 valence electrons. The van der Waals surface area contributed by atoms with E-state index in [9.17, 15) is 0 Å². The fourth-order valence-electron chi connectivity index (χ4n) is 3.36. The summed E-state index contributed by atoms with van der Waals surface area (Å²) in [6, 6.07) is 11.1. The van der Waals surface area contributed by atoms with Gasteiger partial charge in [-0.2, -0.15) is 0 Å². The van der Waals surface area contributed by atoms with E-state index in [0.29, 0.717) is 18.5 Å². The van der Waals surface area contributed by atoms with E-state index in [1.807, 2.05) is 6.20 Å². The fourth-order valence-corrected chi connectivity index (χ4v) is 3.36. The number of likely N-dealkylation sites (tertiary alicyclic amines) is 1. The van der Waals surface area contributed by atoms with Crippen molar-refractivity contribution in [3.05, 3.63) is 53.7 Å². The van der Waals surface area contributed by atoms with Crippen LogP contribution in [0.2, 0.25) is 0 Å². The molecule has 29 heavy (non-hydrogen) atoms. The van der Waals surface area contributed by atoms with Gasteiger partial charge in [-0.15, -0.1) is 24.0 Å². The van der Waals surface area contributed by atoms with Crippen LogP contribution in [0.4, 0.5) is 0 Å². The second-order valence-electron chi connectivity index (χ2n) is 8.47. The Morgan fingerprint density at radius 3 is 2.48 bits per heavy atom. The van der Waals surface area contributed by atoms with E-state index in [-0.39, 0.29) is 29.4 Å². The first-order chi connectivity index (χ1) is 13.4. The molecule has 0 aliphatic carbocycles. The lowest BCUT2D eigenvalue weighted by Gasteiger charge is -2.33. The Labute approximate surface area is 191 Å².